The van der Waals surface area contributed by atoms with E-state index in [1.54, 1.807) is 10.7 Å². The number of aryl methyl sites for hydroxylation is 2. The molecular formula is C12H13ClN2OS. The molecule has 0 radical (unpaired) electrons. The Balaban J connectivity index is 2.28. The smallest absolute Gasteiger partial charge is 0.178 e. The molecule has 0 aliphatic carbocycles. The lowest BCUT2D eigenvalue weighted by atomic mass is 10.1. The summed E-state index contributed by atoms with van der Waals surface area (Å²) < 4.78 is 1.80. The maximum Gasteiger partial charge on any atom is 0.178 e. The van der Waals surface area contributed by atoms with Crippen LogP contribution in [0.2, 0.25) is 5.02 Å². The van der Waals surface area contributed by atoms with Crippen molar-refractivity contribution in [1.82, 2.24) is 9.78 Å². The molecule has 0 saturated carbocycles. The third-order valence-corrected chi connectivity index (χ3v) is 4.25. The van der Waals surface area contributed by atoms with Crippen LogP contribution in [0.4, 0.5) is 0 Å². The van der Waals surface area contributed by atoms with Crippen molar-refractivity contribution in [1.29, 1.82) is 0 Å². The fourth-order valence-electron chi connectivity index (χ4n) is 1.81. The topological polar surface area (TPSA) is 34.9 Å². The van der Waals surface area contributed by atoms with Crippen LogP contribution in [-0.4, -0.2) is 15.6 Å². The van der Waals surface area contributed by atoms with E-state index in [4.69, 9.17) is 11.6 Å². The van der Waals surface area contributed by atoms with Gasteiger partial charge in [-0.05, 0) is 25.3 Å². The van der Waals surface area contributed by atoms with Crippen LogP contribution in [0.15, 0.2) is 11.4 Å². The summed E-state index contributed by atoms with van der Waals surface area (Å²) in [6.45, 7) is 3.89. The second kappa shape index (κ2) is 4.63. The van der Waals surface area contributed by atoms with Crippen molar-refractivity contribution in [3.8, 4) is 0 Å². The van der Waals surface area contributed by atoms with Crippen LogP contribution in [0.25, 0.3) is 0 Å². The molecule has 2 aromatic heterocycles. The van der Waals surface area contributed by atoms with E-state index in [0.717, 1.165) is 17.0 Å². The molecular weight excluding hydrogens is 256 g/mol. The van der Waals surface area contributed by atoms with E-state index in [2.05, 4.69) is 5.10 Å². The lowest BCUT2D eigenvalue weighted by Gasteiger charge is -2.01. The maximum absolute atomic E-state index is 12.1. The van der Waals surface area contributed by atoms with Crippen LogP contribution >= 0.6 is 22.9 Å². The number of nitrogens with zero attached hydrogens (tertiary/aromatic N) is 2. The molecule has 2 aromatic rings. The Morgan fingerprint density at radius 3 is 2.71 bits per heavy atom. The van der Waals surface area contributed by atoms with E-state index < -0.39 is 0 Å². The molecule has 0 aliphatic rings. The summed E-state index contributed by atoms with van der Waals surface area (Å²) in [7, 11) is 1.88. The van der Waals surface area contributed by atoms with Gasteiger partial charge in [-0.3, -0.25) is 9.48 Å². The van der Waals surface area contributed by atoms with Crippen LogP contribution in [0, 0.1) is 13.8 Å². The Morgan fingerprint density at radius 2 is 2.24 bits per heavy atom. The molecule has 5 heteroatoms. The van der Waals surface area contributed by atoms with Crippen molar-refractivity contribution in [3.05, 3.63) is 38.3 Å². The normalized spacial score (nSPS) is 10.8. The van der Waals surface area contributed by atoms with Gasteiger partial charge in [0.2, 0.25) is 0 Å². The molecule has 2 heterocycles. The zero-order valence-electron chi connectivity index (χ0n) is 9.95. The highest BCUT2D eigenvalue weighted by Crippen LogP contribution is 2.24. The highest BCUT2D eigenvalue weighted by Gasteiger charge is 2.17. The first-order valence-corrected chi connectivity index (χ1v) is 6.51. The minimum Gasteiger partial charge on any atom is -0.293 e. The molecule has 0 aliphatic heterocycles. The van der Waals surface area contributed by atoms with Crippen molar-refractivity contribution in [2.75, 3.05) is 0 Å². The van der Waals surface area contributed by atoms with Crippen molar-refractivity contribution in [3.63, 3.8) is 0 Å². The monoisotopic (exact) mass is 268 g/mol. The Labute approximate surface area is 109 Å². The second-order valence-corrected chi connectivity index (χ2v) is 5.29. The Kier molecular flexibility index (Phi) is 3.35. The summed E-state index contributed by atoms with van der Waals surface area (Å²) >= 11 is 7.34. The molecule has 17 heavy (non-hydrogen) atoms. The van der Waals surface area contributed by atoms with E-state index in [0.29, 0.717) is 16.3 Å². The molecule has 0 saturated heterocycles. The van der Waals surface area contributed by atoms with Gasteiger partial charge >= 0.3 is 0 Å². The first-order chi connectivity index (χ1) is 8.00. The van der Waals surface area contributed by atoms with Gasteiger partial charge in [-0.2, -0.15) is 5.10 Å². The highest BCUT2D eigenvalue weighted by atomic mass is 35.5. The van der Waals surface area contributed by atoms with E-state index in [1.165, 1.54) is 11.3 Å². The molecule has 0 N–H and O–H groups in total. The van der Waals surface area contributed by atoms with Gasteiger partial charge in [-0.15, -0.1) is 11.3 Å². The zero-order valence-corrected chi connectivity index (χ0v) is 11.5. The van der Waals surface area contributed by atoms with Crippen LogP contribution < -0.4 is 0 Å². The predicted octanol–water partition coefficient (Wildman–Crippen LogP) is 3.18. The molecule has 0 spiro atoms. The molecule has 90 valence electrons. The van der Waals surface area contributed by atoms with Crippen molar-refractivity contribution < 1.29 is 4.79 Å². The minimum atomic E-state index is 0.0594. The summed E-state index contributed by atoms with van der Waals surface area (Å²) in [5.74, 6) is 0.0594. The fraction of sp³-hybridized carbons (Fsp3) is 0.333. The Morgan fingerprint density at radius 1 is 1.53 bits per heavy atom. The van der Waals surface area contributed by atoms with Crippen LogP contribution in [0.3, 0.4) is 0 Å². The van der Waals surface area contributed by atoms with Crippen LogP contribution in [0.1, 0.15) is 26.6 Å². The average molecular weight is 269 g/mol. The highest BCUT2D eigenvalue weighted by molar-refractivity contribution is 7.12. The number of hydrogen-bond acceptors (Lipinski definition) is 3. The second-order valence-electron chi connectivity index (χ2n) is 3.97. The maximum atomic E-state index is 12.1. The van der Waals surface area contributed by atoms with E-state index >= 15 is 0 Å². The number of carbonyl (C=O) groups is 1. The number of ketones is 1. The number of carbonyl (C=O) groups excluding carboxylic acids is 1. The molecule has 0 atom stereocenters. The minimum absolute atomic E-state index is 0.0594. The summed E-state index contributed by atoms with van der Waals surface area (Å²) in [5.41, 5.74) is 2.94. The molecule has 0 aromatic carbocycles. The number of Topliss-reactive ketones (excluding diaryl/α,β-unsaturated/α-hetero) is 1. The fourth-order valence-corrected chi connectivity index (χ4v) is 2.91. The van der Waals surface area contributed by atoms with Gasteiger partial charge in [0.15, 0.2) is 5.78 Å². The quantitative estimate of drug-likeness (QED) is 0.802. The standard InChI is InChI=1S/C12H13ClN2OS/c1-7-9(8(2)15(3)14-7)6-11(16)12-10(13)4-5-17-12/h4-5H,6H2,1-3H3. The van der Waals surface area contributed by atoms with E-state index in [9.17, 15) is 4.79 Å². The lowest BCUT2D eigenvalue weighted by molar-refractivity contribution is 0.0996. The largest absolute Gasteiger partial charge is 0.293 e. The third-order valence-electron chi connectivity index (χ3n) is 2.87. The summed E-state index contributed by atoms with van der Waals surface area (Å²) in [6, 6.07) is 1.75. The average Bonchev–Trinajstić information content (AvgIpc) is 2.78. The van der Waals surface area contributed by atoms with Gasteiger partial charge in [-0.1, -0.05) is 11.6 Å². The number of halogens is 1. The van der Waals surface area contributed by atoms with E-state index in [1.807, 2.05) is 26.3 Å². The number of hydrogen-bond donors (Lipinski definition) is 0. The molecule has 2 rings (SSSR count). The summed E-state index contributed by atoms with van der Waals surface area (Å²) in [6.07, 6.45) is 0.367. The first-order valence-electron chi connectivity index (χ1n) is 5.26. The molecule has 0 unspecified atom stereocenters. The predicted molar refractivity (Wildman–Crippen MR) is 70.0 cm³/mol. The van der Waals surface area contributed by atoms with Crippen LogP contribution in [0.5, 0.6) is 0 Å². The van der Waals surface area contributed by atoms with Gasteiger partial charge in [0, 0.05) is 24.7 Å². The van der Waals surface area contributed by atoms with Crippen LogP contribution in [-0.2, 0) is 13.5 Å². The first kappa shape index (κ1) is 12.3. The molecule has 0 fully saturated rings. The van der Waals surface area contributed by atoms with Gasteiger partial charge < -0.3 is 0 Å². The van der Waals surface area contributed by atoms with Gasteiger partial charge in [0.25, 0.3) is 0 Å². The lowest BCUT2D eigenvalue weighted by Crippen LogP contribution is -2.04. The van der Waals surface area contributed by atoms with Gasteiger partial charge in [-0.25, -0.2) is 0 Å². The van der Waals surface area contributed by atoms with Crippen molar-refractivity contribution >= 4 is 28.7 Å². The Bertz CT molecular complexity index is 571. The third kappa shape index (κ3) is 2.28. The van der Waals surface area contributed by atoms with Crippen molar-refractivity contribution in [2.45, 2.75) is 20.3 Å². The van der Waals surface area contributed by atoms with Crippen molar-refractivity contribution in [2.24, 2.45) is 7.05 Å². The van der Waals surface area contributed by atoms with E-state index in [-0.39, 0.29) is 5.78 Å². The number of aromatic nitrogens is 2. The zero-order chi connectivity index (χ0) is 12.6. The SMILES string of the molecule is Cc1nn(C)c(C)c1CC(=O)c1sccc1Cl. The summed E-state index contributed by atoms with van der Waals surface area (Å²) in [5, 5.41) is 6.68. The molecule has 0 amide bonds. The van der Waals surface area contributed by atoms with Gasteiger partial charge in [0.05, 0.1) is 15.6 Å². The number of rotatable bonds is 3. The molecule has 0 bridgehead atoms. The molecule has 3 nitrogen and oxygen atoms in total. The number of thiophene rings is 1. The van der Waals surface area contributed by atoms with Gasteiger partial charge in [0.1, 0.15) is 0 Å². The summed E-state index contributed by atoms with van der Waals surface area (Å²) in [4.78, 5) is 12.7. The Hall–Kier alpha value is -1.13.